The Kier molecular flexibility index (Phi) is 14.0. The summed E-state index contributed by atoms with van der Waals surface area (Å²) < 4.78 is 22.4. The molecule has 0 radical (unpaired) electrons. The summed E-state index contributed by atoms with van der Waals surface area (Å²) in [5.74, 6) is 7.27. The molecule has 38 heavy (non-hydrogen) atoms. The minimum absolute atomic E-state index is 0.0447. The van der Waals surface area contributed by atoms with Crippen LogP contribution in [0.25, 0.3) is 0 Å². The Balaban J connectivity index is 1.24. The maximum Gasteiger partial charge on any atom is 0.330 e. The lowest BCUT2D eigenvalue weighted by atomic mass is 9.84. The van der Waals surface area contributed by atoms with E-state index in [0.29, 0.717) is 24.5 Å². The zero-order valence-corrected chi connectivity index (χ0v) is 23.9. The largest absolute Gasteiger partial charge is 0.463 e. The lowest BCUT2D eigenvalue weighted by Gasteiger charge is -2.33. The van der Waals surface area contributed by atoms with Crippen LogP contribution in [-0.4, -0.2) is 56.0 Å². The van der Waals surface area contributed by atoms with Crippen molar-refractivity contribution in [3.63, 3.8) is 0 Å². The number of esters is 2. The minimum atomic E-state index is -0.362. The number of hydrogen-bond donors (Lipinski definition) is 0. The van der Waals surface area contributed by atoms with Gasteiger partial charge in [-0.1, -0.05) is 24.8 Å². The summed E-state index contributed by atoms with van der Waals surface area (Å²) in [5, 5.41) is -0.162. The molecule has 3 aliphatic rings. The fourth-order valence-electron chi connectivity index (χ4n) is 5.78. The van der Waals surface area contributed by atoms with E-state index in [-0.39, 0.29) is 35.4 Å². The van der Waals surface area contributed by atoms with Crippen LogP contribution in [0.4, 0.5) is 0 Å². The van der Waals surface area contributed by atoms with Crippen molar-refractivity contribution in [1.82, 2.24) is 0 Å². The number of unbranched alkanes of at least 4 members (excludes halogenated alkanes) is 3. The second-order valence-corrected chi connectivity index (χ2v) is 11.7. The van der Waals surface area contributed by atoms with Crippen LogP contribution in [0.1, 0.15) is 96.3 Å². The van der Waals surface area contributed by atoms with E-state index in [1.54, 1.807) is 7.11 Å². The molecule has 7 heteroatoms. The van der Waals surface area contributed by atoms with Crippen molar-refractivity contribution in [2.75, 3.05) is 20.3 Å². The first-order valence-electron chi connectivity index (χ1n) is 14.8. The van der Waals surface area contributed by atoms with Crippen LogP contribution in [0.15, 0.2) is 12.7 Å². The second-order valence-electron chi connectivity index (χ2n) is 11.1. The summed E-state index contributed by atoms with van der Waals surface area (Å²) in [4.78, 5) is 23.8. The molecule has 3 rings (SSSR count). The van der Waals surface area contributed by atoms with E-state index in [9.17, 15) is 9.59 Å². The topological polar surface area (TPSA) is 71.1 Å². The van der Waals surface area contributed by atoms with Gasteiger partial charge < -0.3 is 18.9 Å². The van der Waals surface area contributed by atoms with E-state index in [4.69, 9.17) is 30.5 Å². The van der Waals surface area contributed by atoms with E-state index < -0.39 is 0 Å². The number of methoxy groups -OCH3 is 1. The molecule has 3 saturated carbocycles. The fourth-order valence-corrected chi connectivity index (χ4v) is 6.17. The molecule has 214 valence electrons. The predicted molar refractivity (Wildman–Crippen MR) is 149 cm³/mol. The highest BCUT2D eigenvalue weighted by atomic mass is 35.5. The molecule has 0 aromatic heterocycles. The molecule has 0 aromatic carbocycles. The van der Waals surface area contributed by atoms with E-state index >= 15 is 0 Å². The van der Waals surface area contributed by atoms with Gasteiger partial charge in [0.25, 0.3) is 0 Å². The quantitative estimate of drug-likeness (QED) is 0.0923. The van der Waals surface area contributed by atoms with Gasteiger partial charge in [0.2, 0.25) is 0 Å². The Bertz CT molecular complexity index is 788. The SMILES string of the molecule is C=CC(=O)OCCCCCCOC1CCC(C(=O)OC2CCC(C#CC3CCC(OC)CC3)CC2Cl)CC1. The minimum Gasteiger partial charge on any atom is -0.463 e. The third-order valence-electron chi connectivity index (χ3n) is 8.29. The predicted octanol–water partition coefficient (Wildman–Crippen LogP) is 6.38. The van der Waals surface area contributed by atoms with Crippen LogP contribution in [0.2, 0.25) is 0 Å². The van der Waals surface area contributed by atoms with Crippen molar-refractivity contribution in [3.8, 4) is 11.8 Å². The monoisotopic (exact) mass is 550 g/mol. The first-order chi connectivity index (χ1) is 18.5. The Hall–Kier alpha value is -1.55. The number of halogens is 1. The molecule has 0 saturated heterocycles. The van der Waals surface area contributed by atoms with Gasteiger partial charge in [0.05, 0.1) is 30.1 Å². The first-order valence-corrected chi connectivity index (χ1v) is 15.2. The highest BCUT2D eigenvalue weighted by molar-refractivity contribution is 6.21. The number of carbonyl (C=O) groups excluding carboxylic acids is 2. The standard InChI is InChI=1S/C31H47ClO6/c1-3-30(33)37-21-7-5-4-6-20-36-27-17-13-25(14-18-27)31(34)38-29-19-12-24(22-28(29)32)9-8-23-10-15-26(35-2)16-11-23/h3,23-29H,1,4-7,10-22H2,2H3. The summed E-state index contributed by atoms with van der Waals surface area (Å²) in [6.45, 7) is 4.57. The van der Waals surface area contributed by atoms with Crippen molar-refractivity contribution >= 4 is 23.5 Å². The summed E-state index contributed by atoms with van der Waals surface area (Å²) in [5.41, 5.74) is 0. The van der Waals surface area contributed by atoms with Crippen LogP contribution in [0.5, 0.6) is 0 Å². The maximum atomic E-state index is 12.8. The molecular formula is C31H47ClO6. The summed E-state index contributed by atoms with van der Waals surface area (Å²) in [6.07, 6.45) is 15.9. The lowest BCUT2D eigenvalue weighted by Crippen LogP contribution is -2.37. The number of alkyl halides is 1. The maximum absolute atomic E-state index is 12.8. The molecule has 0 aromatic rings. The Morgan fingerprint density at radius 1 is 0.842 bits per heavy atom. The Labute approximate surface area is 234 Å². The van der Waals surface area contributed by atoms with Crippen LogP contribution < -0.4 is 0 Å². The highest BCUT2D eigenvalue weighted by Crippen LogP contribution is 2.33. The fraction of sp³-hybridized carbons (Fsp3) is 0.806. The Morgan fingerprint density at radius 2 is 1.47 bits per heavy atom. The van der Waals surface area contributed by atoms with Crippen molar-refractivity contribution in [1.29, 1.82) is 0 Å². The van der Waals surface area contributed by atoms with Gasteiger partial charge in [-0.15, -0.1) is 11.6 Å². The molecule has 0 bridgehead atoms. The van der Waals surface area contributed by atoms with Gasteiger partial charge in [-0.05, 0) is 89.9 Å². The zero-order chi connectivity index (χ0) is 27.2. The van der Waals surface area contributed by atoms with E-state index in [2.05, 4.69) is 18.4 Å². The first kappa shape index (κ1) is 31.0. The van der Waals surface area contributed by atoms with Crippen LogP contribution >= 0.6 is 11.6 Å². The van der Waals surface area contributed by atoms with Crippen LogP contribution in [0, 0.1) is 29.6 Å². The molecular weight excluding hydrogens is 504 g/mol. The van der Waals surface area contributed by atoms with E-state index in [1.165, 1.54) is 6.08 Å². The summed E-state index contributed by atoms with van der Waals surface area (Å²) in [6, 6.07) is 0. The van der Waals surface area contributed by atoms with Crippen molar-refractivity contribution in [2.45, 2.75) is 120 Å². The van der Waals surface area contributed by atoms with Gasteiger partial charge in [-0.3, -0.25) is 4.79 Å². The zero-order valence-electron chi connectivity index (χ0n) is 23.2. The normalized spacial score (nSPS) is 31.5. The van der Waals surface area contributed by atoms with Crippen LogP contribution in [-0.2, 0) is 28.5 Å². The molecule has 0 spiro atoms. The third-order valence-corrected chi connectivity index (χ3v) is 8.75. The van der Waals surface area contributed by atoms with Crippen molar-refractivity contribution in [2.24, 2.45) is 17.8 Å². The number of rotatable bonds is 12. The molecule has 3 unspecified atom stereocenters. The van der Waals surface area contributed by atoms with Gasteiger partial charge in [-0.25, -0.2) is 4.79 Å². The van der Waals surface area contributed by atoms with Gasteiger partial charge in [0, 0.05) is 31.6 Å². The van der Waals surface area contributed by atoms with Crippen LogP contribution in [0.3, 0.4) is 0 Å². The third kappa shape index (κ3) is 10.9. The number of hydrogen-bond acceptors (Lipinski definition) is 6. The van der Waals surface area contributed by atoms with E-state index in [0.717, 1.165) is 103 Å². The number of carbonyl (C=O) groups is 2. The van der Waals surface area contributed by atoms with Crippen molar-refractivity contribution in [3.05, 3.63) is 12.7 Å². The molecule has 0 N–H and O–H groups in total. The van der Waals surface area contributed by atoms with Gasteiger partial charge in [-0.2, -0.15) is 0 Å². The molecule has 3 atom stereocenters. The second kappa shape index (κ2) is 17.2. The number of ether oxygens (including phenoxy) is 4. The average Bonchev–Trinajstić information content (AvgIpc) is 2.95. The highest BCUT2D eigenvalue weighted by Gasteiger charge is 2.34. The molecule has 3 fully saturated rings. The summed E-state index contributed by atoms with van der Waals surface area (Å²) >= 11 is 6.67. The smallest absolute Gasteiger partial charge is 0.330 e. The Morgan fingerprint density at radius 3 is 2.13 bits per heavy atom. The van der Waals surface area contributed by atoms with Crippen molar-refractivity contribution < 1.29 is 28.5 Å². The van der Waals surface area contributed by atoms with Gasteiger partial charge >= 0.3 is 11.9 Å². The van der Waals surface area contributed by atoms with Gasteiger partial charge in [0.15, 0.2) is 0 Å². The van der Waals surface area contributed by atoms with E-state index in [1.807, 2.05) is 0 Å². The molecule has 0 amide bonds. The molecule has 6 nitrogen and oxygen atoms in total. The average molecular weight is 551 g/mol. The molecule has 0 aliphatic heterocycles. The summed E-state index contributed by atoms with van der Waals surface area (Å²) in [7, 11) is 1.80. The lowest BCUT2D eigenvalue weighted by molar-refractivity contribution is -0.157. The van der Waals surface area contributed by atoms with Gasteiger partial charge in [0.1, 0.15) is 6.10 Å². The molecule has 3 aliphatic carbocycles. The molecule has 0 heterocycles.